The Hall–Kier alpha value is -0.840. The molecule has 2 fully saturated rings. The molecular weight excluding hydrogens is 448 g/mol. The van der Waals surface area contributed by atoms with Gasteiger partial charge in [0.05, 0.1) is 21.2 Å². The lowest BCUT2D eigenvalue weighted by Gasteiger charge is -2.47. The van der Waals surface area contributed by atoms with Crippen LogP contribution in [0.15, 0.2) is 0 Å². The first kappa shape index (κ1) is 18.9. The van der Waals surface area contributed by atoms with Crippen LogP contribution in [0.4, 0.5) is 13.2 Å². The number of hydrogen-bond donors (Lipinski definition) is 2. The SMILES string of the molecule is Cn1nc(C(F)(F)F)c(I)c1CNC(=O)C1(C2CCNCC2)CCC1. The van der Waals surface area contributed by atoms with Crippen LogP contribution in [0.2, 0.25) is 0 Å². The molecule has 0 radical (unpaired) electrons. The summed E-state index contributed by atoms with van der Waals surface area (Å²) in [4.78, 5) is 12.9. The fourth-order valence-corrected chi connectivity index (χ4v) is 4.95. The molecule has 0 spiro atoms. The summed E-state index contributed by atoms with van der Waals surface area (Å²) in [6, 6.07) is 0. The molecule has 1 aromatic heterocycles. The quantitative estimate of drug-likeness (QED) is 0.666. The molecule has 0 unspecified atom stereocenters. The second-order valence-electron chi connectivity index (χ2n) is 6.95. The van der Waals surface area contributed by atoms with Crippen LogP contribution in [-0.2, 0) is 24.6 Å². The highest BCUT2D eigenvalue weighted by Crippen LogP contribution is 2.50. The van der Waals surface area contributed by atoms with Gasteiger partial charge in [-0.25, -0.2) is 0 Å². The van der Waals surface area contributed by atoms with Crippen molar-refractivity contribution in [2.75, 3.05) is 13.1 Å². The predicted octanol–water partition coefficient (Wildman–Crippen LogP) is 2.83. The van der Waals surface area contributed by atoms with Crippen molar-refractivity contribution < 1.29 is 18.0 Å². The number of nitrogens with one attached hydrogen (secondary N) is 2. The first-order valence-electron chi connectivity index (χ1n) is 8.53. The fourth-order valence-electron chi connectivity index (χ4n) is 4.00. The lowest BCUT2D eigenvalue weighted by atomic mass is 9.58. The minimum atomic E-state index is -4.49. The van der Waals surface area contributed by atoms with Crippen LogP contribution in [0.25, 0.3) is 0 Å². The molecule has 140 valence electrons. The summed E-state index contributed by atoms with van der Waals surface area (Å²) in [6.07, 6.45) is 0.267. The fraction of sp³-hybridized carbons (Fsp3) is 0.750. The monoisotopic (exact) mass is 470 g/mol. The Labute approximate surface area is 158 Å². The molecule has 0 atom stereocenters. The maximum atomic E-state index is 13.0. The van der Waals surface area contributed by atoms with Crippen molar-refractivity contribution in [3.05, 3.63) is 15.0 Å². The van der Waals surface area contributed by atoms with E-state index in [1.807, 2.05) is 0 Å². The van der Waals surface area contributed by atoms with Crippen molar-refractivity contribution in [3.8, 4) is 0 Å². The molecule has 1 saturated heterocycles. The molecule has 0 aromatic carbocycles. The van der Waals surface area contributed by atoms with Crippen LogP contribution < -0.4 is 10.6 Å². The van der Waals surface area contributed by atoms with E-state index in [1.165, 1.54) is 11.7 Å². The molecule has 25 heavy (non-hydrogen) atoms. The van der Waals surface area contributed by atoms with Gasteiger partial charge >= 0.3 is 6.18 Å². The molecule has 1 aromatic rings. The smallest absolute Gasteiger partial charge is 0.350 e. The molecule has 2 N–H and O–H groups in total. The molecule has 1 aliphatic heterocycles. The molecular formula is C16H22F3IN4O. The number of piperidine rings is 1. The Kier molecular flexibility index (Phi) is 5.34. The van der Waals surface area contributed by atoms with Gasteiger partial charge in [-0.15, -0.1) is 0 Å². The van der Waals surface area contributed by atoms with Gasteiger partial charge in [0.15, 0.2) is 5.69 Å². The summed E-state index contributed by atoms with van der Waals surface area (Å²) in [5, 5.41) is 9.78. The Morgan fingerprint density at radius 3 is 2.52 bits per heavy atom. The number of amides is 1. The van der Waals surface area contributed by atoms with Gasteiger partial charge in [0.25, 0.3) is 0 Å². The molecule has 1 aliphatic carbocycles. The summed E-state index contributed by atoms with van der Waals surface area (Å²) < 4.78 is 40.2. The lowest BCUT2D eigenvalue weighted by molar-refractivity contribution is -0.142. The molecule has 3 rings (SSSR count). The third kappa shape index (κ3) is 3.54. The van der Waals surface area contributed by atoms with E-state index in [1.54, 1.807) is 22.6 Å². The summed E-state index contributed by atoms with van der Waals surface area (Å²) in [5.41, 5.74) is -0.837. The molecule has 1 amide bonds. The number of hydrogen-bond acceptors (Lipinski definition) is 3. The van der Waals surface area contributed by atoms with E-state index in [0.29, 0.717) is 11.6 Å². The number of halogens is 4. The lowest BCUT2D eigenvalue weighted by Crippen LogP contribution is -2.52. The van der Waals surface area contributed by atoms with Crippen LogP contribution in [0.1, 0.15) is 43.5 Å². The van der Waals surface area contributed by atoms with Gasteiger partial charge in [0.1, 0.15) is 0 Å². The zero-order chi connectivity index (χ0) is 18.2. The normalized spacial score (nSPS) is 21.0. The molecule has 5 nitrogen and oxygen atoms in total. The van der Waals surface area contributed by atoms with E-state index in [4.69, 9.17) is 0 Å². The van der Waals surface area contributed by atoms with Gasteiger partial charge in [-0.2, -0.15) is 18.3 Å². The number of carbonyl (C=O) groups excluding carboxylic acids is 1. The topological polar surface area (TPSA) is 59.0 Å². The third-order valence-electron chi connectivity index (χ3n) is 5.61. The Morgan fingerprint density at radius 2 is 2.04 bits per heavy atom. The van der Waals surface area contributed by atoms with Crippen molar-refractivity contribution >= 4 is 28.5 Å². The second-order valence-corrected chi connectivity index (χ2v) is 8.03. The van der Waals surface area contributed by atoms with E-state index in [9.17, 15) is 18.0 Å². The Balaban J connectivity index is 1.71. The van der Waals surface area contributed by atoms with E-state index in [0.717, 1.165) is 45.2 Å². The zero-order valence-electron chi connectivity index (χ0n) is 14.0. The first-order valence-corrected chi connectivity index (χ1v) is 9.61. The summed E-state index contributed by atoms with van der Waals surface area (Å²) in [6.45, 7) is 1.92. The van der Waals surface area contributed by atoms with Gasteiger partial charge in [-0.05, 0) is 67.3 Å². The second kappa shape index (κ2) is 7.05. The van der Waals surface area contributed by atoms with E-state index in [2.05, 4.69) is 15.7 Å². The largest absolute Gasteiger partial charge is 0.436 e. The van der Waals surface area contributed by atoms with E-state index in [-0.39, 0.29) is 21.4 Å². The van der Waals surface area contributed by atoms with Crippen molar-refractivity contribution in [2.45, 2.75) is 44.8 Å². The number of alkyl halides is 3. The number of aromatic nitrogens is 2. The predicted molar refractivity (Wildman–Crippen MR) is 94.7 cm³/mol. The van der Waals surface area contributed by atoms with Crippen LogP contribution in [0.5, 0.6) is 0 Å². The van der Waals surface area contributed by atoms with Crippen molar-refractivity contribution in [1.82, 2.24) is 20.4 Å². The molecule has 2 aliphatic rings. The summed E-state index contributed by atoms with van der Waals surface area (Å²) in [7, 11) is 1.48. The Morgan fingerprint density at radius 1 is 1.40 bits per heavy atom. The minimum absolute atomic E-state index is 0.0174. The van der Waals surface area contributed by atoms with Gasteiger partial charge in [0, 0.05) is 7.05 Å². The summed E-state index contributed by atoms with van der Waals surface area (Å²) in [5.74, 6) is 0.343. The van der Waals surface area contributed by atoms with E-state index >= 15 is 0 Å². The van der Waals surface area contributed by atoms with E-state index < -0.39 is 11.9 Å². The van der Waals surface area contributed by atoms with Gasteiger partial charge in [0.2, 0.25) is 5.91 Å². The standard InChI is InChI=1S/C16H22F3IN4O/c1-24-11(12(20)13(23-24)16(17,18)19)9-22-14(25)15(5-2-6-15)10-3-7-21-8-4-10/h10,21H,2-9H2,1H3,(H,22,25). The maximum Gasteiger partial charge on any atom is 0.436 e. The molecule has 0 bridgehead atoms. The third-order valence-corrected chi connectivity index (χ3v) is 6.74. The highest BCUT2D eigenvalue weighted by Gasteiger charge is 2.50. The number of carbonyl (C=O) groups is 1. The Bertz CT molecular complexity index is 649. The van der Waals surface area contributed by atoms with Crippen LogP contribution >= 0.6 is 22.6 Å². The average molecular weight is 470 g/mol. The molecule has 9 heteroatoms. The number of rotatable bonds is 4. The number of aryl methyl sites for hydroxylation is 1. The maximum absolute atomic E-state index is 13.0. The highest BCUT2D eigenvalue weighted by molar-refractivity contribution is 14.1. The number of nitrogens with zero attached hydrogens (tertiary/aromatic N) is 2. The van der Waals surface area contributed by atoms with Gasteiger partial charge in [-0.3, -0.25) is 9.48 Å². The van der Waals surface area contributed by atoms with Crippen molar-refractivity contribution in [2.24, 2.45) is 18.4 Å². The average Bonchev–Trinajstić information content (AvgIpc) is 2.80. The van der Waals surface area contributed by atoms with Crippen molar-refractivity contribution in [1.29, 1.82) is 0 Å². The van der Waals surface area contributed by atoms with Gasteiger partial charge < -0.3 is 10.6 Å². The molecule has 2 heterocycles. The van der Waals surface area contributed by atoms with Crippen LogP contribution in [0, 0.1) is 14.9 Å². The minimum Gasteiger partial charge on any atom is -0.350 e. The first-order chi connectivity index (χ1) is 11.8. The van der Waals surface area contributed by atoms with Gasteiger partial charge in [-0.1, -0.05) is 6.42 Å². The van der Waals surface area contributed by atoms with Crippen molar-refractivity contribution in [3.63, 3.8) is 0 Å². The summed E-state index contributed by atoms with van der Waals surface area (Å²) >= 11 is 1.66. The zero-order valence-corrected chi connectivity index (χ0v) is 16.2. The highest BCUT2D eigenvalue weighted by atomic mass is 127. The molecule has 1 saturated carbocycles. The van der Waals surface area contributed by atoms with Crippen LogP contribution in [0.3, 0.4) is 0 Å². The van der Waals surface area contributed by atoms with Crippen LogP contribution in [-0.4, -0.2) is 28.8 Å².